The van der Waals surface area contributed by atoms with Crippen LogP contribution in [0.3, 0.4) is 0 Å². The van der Waals surface area contributed by atoms with Crippen LogP contribution in [-0.4, -0.2) is 58.0 Å². The van der Waals surface area contributed by atoms with Gasteiger partial charge < -0.3 is 19.8 Å². The van der Waals surface area contributed by atoms with Crippen molar-refractivity contribution >= 4 is 16.8 Å². The van der Waals surface area contributed by atoms with Crippen LogP contribution in [0.15, 0.2) is 36.5 Å². The molecule has 1 aliphatic heterocycles. The van der Waals surface area contributed by atoms with E-state index < -0.39 is 34.9 Å². The van der Waals surface area contributed by atoms with E-state index in [2.05, 4.69) is 9.88 Å². The number of aryl methyl sites for hydroxylation is 1. The van der Waals surface area contributed by atoms with Crippen LogP contribution in [0.25, 0.3) is 10.9 Å². The van der Waals surface area contributed by atoms with Crippen LogP contribution in [0.5, 0.6) is 5.75 Å². The molecule has 0 aliphatic carbocycles. The van der Waals surface area contributed by atoms with Gasteiger partial charge >= 0.3 is 0 Å². The molecule has 2 heterocycles. The summed E-state index contributed by atoms with van der Waals surface area (Å²) in [6.45, 7) is 1.25. The van der Waals surface area contributed by atoms with Gasteiger partial charge in [0, 0.05) is 23.2 Å². The Bertz CT molecular complexity index is 1340. The zero-order valence-corrected chi connectivity index (χ0v) is 22.3. The lowest BCUT2D eigenvalue weighted by atomic mass is 9.73. The van der Waals surface area contributed by atoms with Gasteiger partial charge in [-0.05, 0) is 93.6 Å². The summed E-state index contributed by atoms with van der Waals surface area (Å²) in [6.07, 6.45) is 2.44. The van der Waals surface area contributed by atoms with E-state index >= 15 is 0 Å². The number of nitrogens with one attached hydrogen (secondary N) is 1. The average Bonchev–Trinajstić information content (AvgIpc) is 2.97. The molecule has 8 nitrogen and oxygen atoms in total. The standard InChI is InChI=1S/C29H34F3N3O5/c1-40-21-4-5-24-22(15-21)26(19(17-36)16-33-24)25(37)6-7-29(28(38)34-39)8-11-35(12-9-29)10-2-3-18-13-20(30)14-23(31)27(18)32/h4-5,13-16,25,36-37,39H,2-3,6-12,17H2,1H3,(H,34,38). The van der Waals surface area contributed by atoms with Gasteiger partial charge in [-0.3, -0.25) is 15.0 Å². The third-order valence-electron chi connectivity index (χ3n) is 7.98. The van der Waals surface area contributed by atoms with Crippen LogP contribution in [0, 0.1) is 22.9 Å². The molecule has 1 atom stereocenters. The minimum atomic E-state index is -1.21. The topological polar surface area (TPSA) is 115 Å². The Labute approximate surface area is 230 Å². The third kappa shape index (κ3) is 6.38. The number of aliphatic hydroxyl groups excluding tert-OH is 2. The number of fused-ring (bicyclic) bond motifs is 1. The van der Waals surface area contributed by atoms with Crippen LogP contribution in [0.4, 0.5) is 13.2 Å². The maximum absolute atomic E-state index is 14.0. The molecule has 3 aromatic rings. The summed E-state index contributed by atoms with van der Waals surface area (Å²) in [5, 5.41) is 31.3. The van der Waals surface area contributed by atoms with Crippen molar-refractivity contribution in [2.45, 2.75) is 51.2 Å². The number of pyridine rings is 1. The molecule has 1 aliphatic rings. The number of hydrogen-bond donors (Lipinski definition) is 4. The smallest absolute Gasteiger partial charge is 0.249 e. The first kappa shape index (κ1) is 29.7. The van der Waals surface area contributed by atoms with Crippen molar-refractivity contribution in [2.75, 3.05) is 26.7 Å². The van der Waals surface area contributed by atoms with Gasteiger partial charge in [0.15, 0.2) is 11.6 Å². The summed E-state index contributed by atoms with van der Waals surface area (Å²) in [5.41, 5.74) is 2.46. The lowest BCUT2D eigenvalue weighted by molar-refractivity contribution is -0.143. The number of aromatic nitrogens is 1. The number of ether oxygens (including phenoxy) is 1. The maximum Gasteiger partial charge on any atom is 0.249 e. The van der Waals surface area contributed by atoms with Crippen molar-refractivity contribution in [2.24, 2.45) is 5.41 Å². The predicted octanol–water partition coefficient (Wildman–Crippen LogP) is 4.19. The Morgan fingerprint density at radius 1 is 1.18 bits per heavy atom. The molecule has 4 rings (SSSR count). The second-order valence-electron chi connectivity index (χ2n) is 10.3. The number of benzene rings is 2. The SMILES string of the molecule is COc1ccc2ncc(CO)c(C(O)CCC3(C(=O)NO)CCN(CCCc4cc(F)cc(F)c4F)CC3)c2c1. The number of aliphatic hydroxyl groups is 2. The Morgan fingerprint density at radius 2 is 1.93 bits per heavy atom. The highest BCUT2D eigenvalue weighted by Gasteiger charge is 2.41. The number of likely N-dealkylation sites (tertiary alicyclic amines) is 1. The first-order valence-electron chi connectivity index (χ1n) is 13.3. The first-order chi connectivity index (χ1) is 19.2. The summed E-state index contributed by atoms with van der Waals surface area (Å²) in [7, 11) is 1.53. The summed E-state index contributed by atoms with van der Waals surface area (Å²) in [4.78, 5) is 19.3. The van der Waals surface area contributed by atoms with Gasteiger partial charge in [0.25, 0.3) is 0 Å². The first-order valence-corrected chi connectivity index (χ1v) is 13.3. The molecule has 1 aromatic heterocycles. The molecule has 1 saturated heterocycles. The van der Waals surface area contributed by atoms with E-state index in [1.807, 2.05) is 0 Å². The molecule has 40 heavy (non-hydrogen) atoms. The molecule has 11 heteroatoms. The minimum absolute atomic E-state index is 0.0130. The Morgan fingerprint density at radius 3 is 2.60 bits per heavy atom. The second-order valence-corrected chi connectivity index (χ2v) is 10.3. The maximum atomic E-state index is 14.0. The predicted molar refractivity (Wildman–Crippen MR) is 141 cm³/mol. The number of carbonyl (C=O) groups is 1. The number of nitrogens with zero attached hydrogens (tertiary/aromatic N) is 2. The van der Waals surface area contributed by atoms with Crippen molar-refractivity contribution in [1.29, 1.82) is 0 Å². The van der Waals surface area contributed by atoms with E-state index in [4.69, 9.17) is 4.74 Å². The van der Waals surface area contributed by atoms with Crippen molar-refractivity contribution in [3.8, 4) is 5.75 Å². The van der Waals surface area contributed by atoms with Crippen molar-refractivity contribution in [3.63, 3.8) is 0 Å². The Balaban J connectivity index is 1.42. The number of carbonyl (C=O) groups excluding carboxylic acids is 1. The van der Waals surface area contributed by atoms with E-state index in [1.54, 1.807) is 23.7 Å². The van der Waals surface area contributed by atoms with E-state index in [9.17, 15) is 33.4 Å². The Kier molecular flexibility index (Phi) is 9.62. The summed E-state index contributed by atoms with van der Waals surface area (Å²) < 4.78 is 46.2. The molecule has 0 spiro atoms. The van der Waals surface area contributed by atoms with E-state index in [0.717, 1.165) is 6.07 Å². The molecule has 2 aromatic carbocycles. The van der Waals surface area contributed by atoms with Crippen LogP contribution in [0.1, 0.15) is 54.9 Å². The normalized spacial score (nSPS) is 16.2. The molecule has 1 fully saturated rings. The number of amides is 1. The van der Waals surface area contributed by atoms with Crippen LogP contribution in [0.2, 0.25) is 0 Å². The molecule has 216 valence electrons. The van der Waals surface area contributed by atoms with Crippen molar-refractivity contribution in [1.82, 2.24) is 15.4 Å². The van der Waals surface area contributed by atoms with Gasteiger partial charge in [-0.2, -0.15) is 0 Å². The van der Waals surface area contributed by atoms with E-state index in [-0.39, 0.29) is 31.4 Å². The number of hydrogen-bond acceptors (Lipinski definition) is 7. The van der Waals surface area contributed by atoms with Gasteiger partial charge in [0.1, 0.15) is 11.6 Å². The number of hydroxylamine groups is 1. The van der Waals surface area contributed by atoms with Gasteiger partial charge in [-0.15, -0.1) is 0 Å². The Hall–Kier alpha value is -3.25. The summed E-state index contributed by atoms with van der Waals surface area (Å²) in [5.74, 6) is -3.02. The van der Waals surface area contributed by atoms with Gasteiger partial charge in [0.05, 0.1) is 30.8 Å². The largest absolute Gasteiger partial charge is 0.497 e. The highest BCUT2D eigenvalue weighted by Crippen LogP contribution is 2.40. The summed E-state index contributed by atoms with van der Waals surface area (Å²) in [6, 6.07) is 6.79. The van der Waals surface area contributed by atoms with Gasteiger partial charge in [-0.25, -0.2) is 18.7 Å². The van der Waals surface area contributed by atoms with E-state index in [1.165, 1.54) is 13.3 Å². The lowest BCUT2D eigenvalue weighted by Gasteiger charge is -2.40. The molecular weight excluding hydrogens is 527 g/mol. The number of methoxy groups -OCH3 is 1. The number of halogens is 3. The quantitative estimate of drug-likeness (QED) is 0.158. The van der Waals surface area contributed by atoms with Crippen LogP contribution >= 0.6 is 0 Å². The highest BCUT2D eigenvalue weighted by molar-refractivity contribution is 5.85. The minimum Gasteiger partial charge on any atom is -0.497 e. The fraction of sp³-hybridized carbons (Fsp3) is 0.448. The zero-order valence-electron chi connectivity index (χ0n) is 22.3. The van der Waals surface area contributed by atoms with Gasteiger partial charge in [-0.1, -0.05) is 0 Å². The molecule has 0 bridgehead atoms. The number of piperidine rings is 1. The van der Waals surface area contributed by atoms with Crippen LogP contribution in [-0.2, 0) is 17.8 Å². The molecule has 1 unspecified atom stereocenters. The van der Waals surface area contributed by atoms with Crippen molar-refractivity contribution in [3.05, 3.63) is 70.7 Å². The average molecular weight is 562 g/mol. The molecule has 0 saturated carbocycles. The highest BCUT2D eigenvalue weighted by atomic mass is 19.2. The van der Waals surface area contributed by atoms with E-state index in [0.29, 0.717) is 72.7 Å². The molecule has 0 radical (unpaired) electrons. The fourth-order valence-electron chi connectivity index (χ4n) is 5.64. The number of rotatable bonds is 11. The monoisotopic (exact) mass is 561 g/mol. The second kappa shape index (κ2) is 12.9. The zero-order chi connectivity index (χ0) is 28.9. The van der Waals surface area contributed by atoms with Crippen LogP contribution < -0.4 is 10.2 Å². The van der Waals surface area contributed by atoms with Crippen molar-refractivity contribution < 1.29 is 38.1 Å². The molecular formula is C29H34F3N3O5. The fourth-order valence-corrected chi connectivity index (χ4v) is 5.64. The van der Waals surface area contributed by atoms with Gasteiger partial charge in [0.2, 0.25) is 5.91 Å². The summed E-state index contributed by atoms with van der Waals surface area (Å²) >= 11 is 0. The molecule has 1 amide bonds. The molecule has 4 N–H and O–H groups in total. The third-order valence-corrected chi connectivity index (χ3v) is 7.98. The lowest BCUT2D eigenvalue weighted by Crippen LogP contribution is -2.48.